The van der Waals surface area contributed by atoms with Crippen LogP contribution in [0.1, 0.15) is 0 Å². The van der Waals surface area contributed by atoms with E-state index < -0.39 is 0 Å². The maximum absolute atomic E-state index is 9.08. The van der Waals surface area contributed by atoms with Crippen molar-refractivity contribution in [2.24, 2.45) is 0 Å². The van der Waals surface area contributed by atoms with E-state index in [0.717, 1.165) is 0 Å². The van der Waals surface area contributed by atoms with E-state index in [9.17, 15) is 0 Å². The van der Waals surface area contributed by atoms with E-state index in [1.807, 2.05) is 0 Å². The predicted molar refractivity (Wildman–Crippen MR) is 45.3 cm³/mol. The van der Waals surface area contributed by atoms with Crippen molar-refractivity contribution >= 4 is 0 Å². The van der Waals surface area contributed by atoms with Crippen LogP contribution in [0.2, 0.25) is 0 Å². The van der Waals surface area contributed by atoms with Gasteiger partial charge in [-0.1, -0.05) is 6.58 Å². The van der Waals surface area contributed by atoms with Gasteiger partial charge in [-0.15, -0.1) is 0 Å². The summed E-state index contributed by atoms with van der Waals surface area (Å²) in [5.41, 5.74) is 0.335. The molecule has 0 radical (unpaired) electrons. The molecule has 3 N–H and O–H groups in total. The number of aromatic nitrogens is 1. The van der Waals surface area contributed by atoms with Gasteiger partial charge in [-0.2, -0.15) is 0 Å². The predicted octanol–water partition coefficient (Wildman–Crippen LogP) is 0.364. The third-order valence-electron chi connectivity index (χ3n) is 1.42. The molecule has 0 unspecified atom stereocenters. The summed E-state index contributed by atoms with van der Waals surface area (Å²) in [5, 5.41) is 19.3. The summed E-state index contributed by atoms with van der Waals surface area (Å²) in [6.07, 6.45) is 3.02. The molecule has 0 saturated heterocycles. The minimum atomic E-state index is 0.150. The Morgan fingerprint density at radius 2 is 2.42 bits per heavy atom. The topological polar surface area (TPSA) is 61.0 Å². The summed E-state index contributed by atoms with van der Waals surface area (Å²) in [5.74, 6) is 0.150. The molecular weight excluding hydrogens is 154 g/mol. The van der Waals surface area contributed by atoms with E-state index in [1.54, 1.807) is 4.57 Å². The lowest BCUT2D eigenvalue weighted by molar-refractivity contribution is 0.460. The Bertz CT molecular complexity index is 329. The fourth-order valence-corrected chi connectivity index (χ4v) is 0.826. The van der Waals surface area contributed by atoms with Gasteiger partial charge >= 0.3 is 0 Å². The van der Waals surface area contributed by atoms with Crippen LogP contribution in [0.3, 0.4) is 0 Å². The van der Waals surface area contributed by atoms with Gasteiger partial charge in [0.15, 0.2) is 0 Å². The van der Waals surface area contributed by atoms with E-state index in [-0.39, 0.29) is 5.75 Å². The molecule has 4 heteroatoms. The molecular formula is C8H11N3O. The number of hydrogen-bond donors (Lipinski definition) is 3. The maximum atomic E-state index is 9.08. The van der Waals surface area contributed by atoms with Crippen LogP contribution in [0.15, 0.2) is 31.1 Å². The molecule has 64 valence electrons. The molecule has 0 atom stereocenters. The minimum absolute atomic E-state index is 0.150. The van der Waals surface area contributed by atoms with Crippen LogP contribution in [-0.4, -0.2) is 9.67 Å². The first-order valence-electron chi connectivity index (χ1n) is 3.52. The Hall–Kier alpha value is -1.71. The fourth-order valence-electron chi connectivity index (χ4n) is 0.826. The molecule has 0 aliphatic heterocycles. The van der Waals surface area contributed by atoms with Gasteiger partial charge in [-0.05, 0) is 18.3 Å². The highest BCUT2D eigenvalue weighted by Gasteiger charge is 1.91. The lowest BCUT2D eigenvalue weighted by Crippen LogP contribution is -2.24. The molecule has 1 aromatic rings. The Kier molecular flexibility index (Phi) is 2.53. The Morgan fingerprint density at radius 3 is 3.08 bits per heavy atom. The van der Waals surface area contributed by atoms with Crippen LogP contribution in [0, 0.1) is 5.41 Å². The highest BCUT2D eigenvalue weighted by molar-refractivity contribution is 5.13. The molecule has 4 nitrogen and oxygen atoms in total. The molecule has 0 aromatic carbocycles. The fraction of sp³-hybridized carbons (Fsp3) is 0.125. The molecule has 0 saturated carbocycles. The highest BCUT2D eigenvalue weighted by atomic mass is 16.3. The normalized spacial score (nSPS) is 9.33. The number of rotatable bonds is 3. The molecule has 1 heterocycles. The average Bonchev–Trinajstić information content (AvgIpc) is 2.07. The Balaban J connectivity index is 2.89. The summed E-state index contributed by atoms with van der Waals surface area (Å²) in [6.45, 7) is 3.92. The molecule has 0 aliphatic rings. The van der Waals surface area contributed by atoms with Gasteiger partial charge in [-0.3, -0.25) is 5.41 Å². The molecule has 12 heavy (non-hydrogen) atoms. The third-order valence-corrected chi connectivity index (χ3v) is 1.42. The first-order chi connectivity index (χ1) is 5.74. The third kappa shape index (κ3) is 1.88. The molecule has 0 bridgehead atoms. The Labute approximate surface area is 70.3 Å². The molecule has 1 aromatic heterocycles. The van der Waals surface area contributed by atoms with Gasteiger partial charge in [0.2, 0.25) is 0 Å². The zero-order valence-corrected chi connectivity index (χ0v) is 6.62. The van der Waals surface area contributed by atoms with Crippen molar-refractivity contribution in [3.05, 3.63) is 36.6 Å². The van der Waals surface area contributed by atoms with Crippen LogP contribution in [0.25, 0.3) is 0 Å². The van der Waals surface area contributed by atoms with Gasteiger partial charge in [0.25, 0.3) is 0 Å². The van der Waals surface area contributed by atoms with Crippen molar-refractivity contribution in [3.63, 3.8) is 0 Å². The second-order valence-corrected chi connectivity index (χ2v) is 2.31. The first-order valence-corrected chi connectivity index (χ1v) is 3.52. The van der Waals surface area contributed by atoms with Gasteiger partial charge in [0.05, 0.1) is 6.67 Å². The van der Waals surface area contributed by atoms with Crippen LogP contribution < -0.4 is 10.8 Å². The van der Waals surface area contributed by atoms with Gasteiger partial charge < -0.3 is 15.0 Å². The number of aromatic hydroxyl groups is 1. The van der Waals surface area contributed by atoms with Crippen molar-refractivity contribution in [3.8, 4) is 5.75 Å². The first kappa shape index (κ1) is 8.39. The Morgan fingerprint density at radius 1 is 1.67 bits per heavy atom. The summed E-state index contributed by atoms with van der Waals surface area (Å²) in [4.78, 5) is 0. The summed E-state index contributed by atoms with van der Waals surface area (Å²) in [6, 6.07) is 3.01. The van der Waals surface area contributed by atoms with Crippen LogP contribution >= 0.6 is 0 Å². The van der Waals surface area contributed by atoms with E-state index in [4.69, 9.17) is 10.5 Å². The molecule has 0 amide bonds. The second-order valence-electron chi connectivity index (χ2n) is 2.31. The van der Waals surface area contributed by atoms with E-state index in [2.05, 4.69) is 11.9 Å². The number of nitrogens with one attached hydrogen (secondary N) is 2. The van der Waals surface area contributed by atoms with Crippen molar-refractivity contribution < 1.29 is 5.11 Å². The quantitative estimate of drug-likeness (QED) is 0.605. The number of pyridine rings is 1. The van der Waals surface area contributed by atoms with Gasteiger partial charge in [0.1, 0.15) is 11.2 Å². The zero-order chi connectivity index (χ0) is 8.97. The van der Waals surface area contributed by atoms with Crippen LogP contribution in [-0.2, 0) is 6.67 Å². The number of nitrogens with zero attached hydrogens (tertiary/aromatic N) is 1. The van der Waals surface area contributed by atoms with Crippen LogP contribution in [0.4, 0.5) is 0 Å². The molecule has 0 spiro atoms. The maximum Gasteiger partial charge on any atom is 0.132 e. The van der Waals surface area contributed by atoms with Crippen LogP contribution in [0.5, 0.6) is 5.75 Å². The monoisotopic (exact) mass is 165 g/mol. The molecule has 0 aliphatic carbocycles. The molecule has 1 rings (SSSR count). The average molecular weight is 165 g/mol. The van der Waals surface area contributed by atoms with Crippen molar-refractivity contribution in [2.75, 3.05) is 0 Å². The van der Waals surface area contributed by atoms with Gasteiger partial charge in [0, 0.05) is 6.20 Å². The standard InChI is InChI=1S/C8H11N3O/c1-2-10-6-11-5-7(12)3-4-8(11)9/h2-5,9-10,12H,1,6H2. The summed E-state index contributed by atoms with van der Waals surface area (Å²) >= 11 is 0. The summed E-state index contributed by atoms with van der Waals surface area (Å²) in [7, 11) is 0. The van der Waals surface area contributed by atoms with Crippen molar-refractivity contribution in [2.45, 2.75) is 6.67 Å². The lowest BCUT2D eigenvalue weighted by Gasteiger charge is -2.06. The zero-order valence-electron chi connectivity index (χ0n) is 6.62. The van der Waals surface area contributed by atoms with E-state index in [0.29, 0.717) is 12.2 Å². The smallest absolute Gasteiger partial charge is 0.132 e. The highest BCUT2D eigenvalue weighted by Crippen LogP contribution is 2.01. The van der Waals surface area contributed by atoms with Crippen molar-refractivity contribution in [1.29, 1.82) is 5.41 Å². The summed E-state index contributed by atoms with van der Waals surface area (Å²) < 4.78 is 1.57. The lowest BCUT2D eigenvalue weighted by atomic mass is 10.4. The SMILES string of the molecule is C=CNCn1cc(O)ccc1=N. The van der Waals surface area contributed by atoms with E-state index in [1.165, 1.54) is 24.5 Å². The second kappa shape index (κ2) is 3.61. The van der Waals surface area contributed by atoms with Crippen molar-refractivity contribution in [1.82, 2.24) is 9.88 Å². The molecule has 0 fully saturated rings. The van der Waals surface area contributed by atoms with Gasteiger partial charge in [-0.25, -0.2) is 0 Å². The largest absolute Gasteiger partial charge is 0.506 e. The number of hydrogen-bond acceptors (Lipinski definition) is 3. The van der Waals surface area contributed by atoms with E-state index >= 15 is 0 Å². The minimum Gasteiger partial charge on any atom is -0.506 e.